The smallest absolute Gasteiger partial charge is 0.121 e. The number of rotatable bonds is 2. The predicted molar refractivity (Wildman–Crippen MR) is 55.3 cm³/mol. The van der Waals surface area contributed by atoms with Crippen LogP contribution >= 0.6 is 23.2 Å². The van der Waals surface area contributed by atoms with Crippen molar-refractivity contribution in [2.45, 2.75) is 19.4 Å². The molecule has 0 unspecified atom stereocenters. The number of aromatic hydroxyl groups is 1. The summed E-state index contributed by atoms with van der Waals surface area (Å²) in [6, 6.07) is 2.82. The molecule has 13 heavy (non-hydrogen) atoms. The summed E-state index contributed by atoms with van der Waals surface area (Å²) in [6.07, 6.45) is 0.742. The molecule has 0 aliphatic rings. The van der Waals surface area contributed by atoms with Gasteiger partial charge in [0.2, 0.25) is 0 Å². The van der Waals surface area contributed by atoms with Gasteiger partial charge in [-0.3, -0.25) is 0 Å². The van der Waals surface area contributed by atoms with E-state index in [1.165, 1.54) is 6.07 Å². The van der Waals surface area contributed by atoms with Gasteiger partial charge in [-0.25, -0.2) is 0 Å². The molecule has 3 N–H and O–H groups in total. The third-order valence-corrected chi connectivity index (χ3v) is 2.63. The summed E-state index contributed by atoms with van der Waals surface area (Å²) in [5.74, 6) is 0.101. The van der Waals surface area contributed by atoms with Crippen LogP contribution in [0.1, 0.15) is 24.9 Å². The second-order valence-corrected chi connectivity index (χ2v) is 3.65. The summed E-state index contributed by atoms with van der Waals surface area (Å²) in [6.45, 7) is 1.94. The van der Waals surface area contributed by atoms with Crippen molar-refractivity contribution in [2.24, 2.45) is 5.73 Å². The average Bonchev–Trinajstić information content (AvgIpc) is 2.10. The van der Waals surface area contributed by atoms with Crippen LogP contribution in [-0.2, 0) is 0 Å². The van der Waals surface area contributed by atoms with E-state index in [4.69, 9.17) is 28.9 Å². The SMILES string of the molecule is CC[C@@H](N)c1cc(Cl)c(Cl)cc1O. The summed E-state index contributed by atoms with van der Waals surface area (Å²) < 4.78 is 0. The molecule has 1 aromatic rings. The minimum absolute atomic E-state index is 0.101. The zero-order chi connectivity index (χ0) is 10.0. The van der Waals surface area contributed by atoms with E-state index < -0.39 is 0 Å². The molecule has 0 aliphatic carbocycles. The number of nitrogens with two attached hydrogens (primary N) is 1. The van der Waals surface area contributed by atoms with Gasteiger partial charge in [0.05, 0.1) is 10.0 Å². The number of hydrogen-bond acceptors (Lipinski definition) is 2. The zero-order valence-corrected chi connectivity index (χ0v) is 8.73. The molecule has 0 aromatic heterocycles. The maximum Gasteiger partial charge on any atom is 0.121 e. The molecule has 0 fully saturated rings. The van der Waals surface area contributed by atoms with Gasteiger partial charge in [-0.15, -0.1) is 0 Å². The summed E-state index contributed by atoms with van der Waals surface area (Å²) in [5.41, 5.74) is 6.39. The van der Waals surface area contributed by atoms with E-state index in [0.717, 1.165) is 6.42 Å². The molecular formula is C9H11Cl2NO. The molecule has 72 valence electrons. The molecule has 0 saturated heterocycles. The highest BCUT2D eigenvalue weighted by atomic mass is 35.5. The lowest BCUT2D eigenvalue weighted by atomic mass is 10.0. The highest BCUT2D eigenvalue weighted by Gasteiger charge is 2.11. The van der Waals surface area contributed by atoms with Crippen molar-refractivity contribution in [1.82, 2.24) is 0 Å². The van der Waals surface area contributed by atoms with Gasteiger partial charge in [0.25, 0.3) is 0 Å². The largest absolute Gasteiger partial charge is 0.508 e. The standard InChI is InChI=1S/C9H11Cl2NO/c1-2-8(12)5-3-6(10)7(11)4-9(5)13/h3-4,8,13H,2,12H2,1H3/t8-/m1/s1. The second-order valence-electron chi connectivity index (χ2n) is 2.84. The maximum atomic E-state index is 9.49. The Morgan fingerprint density at radius 3 is 2.46 bits per heavy atom. The Kier molecular flexibility index (Phi) is 3.42. The highest BCUT2D eigenvalue weighted by Crippen LogP contribution is 2.33. The zero-order valence-electron chi connectivity index (χ0n) is 7.22. The first-order chi connectivity index (χ1) is 6.06. The lowest BCUT2D eigenvalue weighted by Crippen LogP contribution is -2.08. The number of benzene rings is 1. The quantitative estimate of drug-likeness (QED) is 0.804. The fourth-order valence-corrected chi connectivity index (χ4v) is 1.40. The average molecular weight is 220 g/mol. The van der Waals surface area contributed by atoms with Gasteiger partial charge in [-0.05, 0) is 12.5 Å². The number of phenols is 1. The van der Waals surface area contributed by atoms with Gasteiger partial charge < -0.3 is 10.8 Å². The van der Waals surface area contributed by atoms with Gasteiger partial charge in [-0.2, -0.15) is 0 Å². The minimum Gasteiger partial charge on any atom is -0.508 e. The Hall–Kier alpha value is -0.440. The van der Waals surface area contributed by atoms with E-state index in [0.29, 0.717) is 15.6 Å². The molecule has 0 radical (unpaired) electrons. The van der Waals surface area contributed by atoms with Crippen LogP contribution in [-0.4, -0.2) is 5.11 Å². The molecular weight excluding hydrogens is 209 g/mol. The first kappa shape index (κ1) is 10.6. The summed E-state index contributed by atoms with van der Waals surface area (Å²) in [4.78, 5) is 0. The Morgan fingerprint density at radius 1 is 1.38 bits per heavy atom. The molecule has 0 aliphatic heterocycles. The van der Waals surface area contributed by atoms with E-state index in [1.54, 1.807) is 6.07 Å². The van der Waals surface area contributed by atoms with Gasteiger partial charge >= 0.3 is 0 Å². The van der Waals surface area contributed by atoms with Crippen LogP contribution in [0.15, 0.2) is 12.1 Å². The van der Waals surface area contributed by atoms with Gasteiger partial charge in [0, 0.05) is 17.7 Å². The Morgan fingerprint density at radius 2 is 1.92 bits per heavy atom. The van der Waals surface area contributed by atoms with Crippen molar-refractivity contribution in [3.63, 3.8) is 0 Å². The van der Waals surface area contributed by atoms with Crippen LogP contribution in [0.2, 0.25) is 10.0 Å². The van der Waals surface area contributed by atoms with Crippen molar-refractivity contribution in [3.8, 4) is 5.75 Å². The Labute approximate surface area is 87.3 Å². The molecule has 0 spiro atoms. The van der Waals surface area contributed by atoms with Crippen LogP contribution in [0.25, 0.3) is 0 Å². The van der Waals surface area contributed by atoms with Crippen LogP contribution in [0.4, 0.5) is 0 Å². The minimum atomic E-state index is -0.199. The molecule has 0 amide bonds. The lowest BCUT2D eigenvalue weighted by Gasteiger charge is -2.12. The van der Waals surface area contributed by atoms with E-state index in [9.17, 15) is 5.11 Å². The molecule has 0 saturated carbocycles. The van der Waals surface area contributed by atoms with Crippen molar-refractivity contribution in [2.75, 3.05) is 0 Å². The van der Waals surface area contributed by atoms with Crippen molar-refractivity contribution >= 4 is 23.2 Å². The van der Waals surface area contributed by atoms with Crippen LogP contribution in [0, 0.1) is 0 Å². The highest BCUT2D eigenvalue weighted by molar-refractivity contribution is 6.42. The monoisotopic (exact) mass is 219 g/mol. The van der Waals surface area contributed by atoms with E-state index in [1.807, 2.05) is 6.92 Å². The van der Waals surface area contributed by atoms with Gasteiger partial charge in [-0.1, -0.05) is 30.1 Å². The van der Waals surface area contributed by atoms with Gasteiger partial charge in [0.15, 0.2) is 0 Å². The predicted octanol–water partition coefficient (Wildman–Crippen LogP) is 3.11. The molecule has 0 bridgehead atoms. The molecule has 1 atom stereocenters. The van der Waals surface area contributed by atoms with Crippen molar-refractivity contribution in [1.29, 1.82) is 0 Å². The second kappa shape index (κ2) is 4.18. The first-order valence-corrected chi connectivity index (χ1v) is 4.75. The number of halogens is 2. The third-order valence-electron chi connectivity index (χ3n) is 1.91. The number of hydrogen-bond donors (Lipinski definition) is 2. The molecule has 1 aromatic carbocycles. The molecule has 1 rings (SSSR count). The van der Waals surface area contributed by atoms with E-state index in [-0.39, 0.29) is 11.8 Å². The van der Waals surface area contributed by atoms with Crippen LogP contribution < -0.4 is 5.73 Å². The van der Waals surface area contributed by atoms with E-state index >= 15 is 0 Å². The molecule has 4 heteroatoms. The maximum absolute atomic E-state index is 9.49. The van der Waals surface area contributed by atoms with Crippen LogP contribution in [0.3, 0.4) is 0 Å². The van der Waals surface area contributed by atoms with Crippen LogP contribution in [0.5, 0.6) is 5.75 Å². The Balaban J connectivity index is 3.15. The topological polar surface area (TPSA) is 46.2 Å². The fourth-order valence-electron chi connectivity index (χ4n) is 1.07. The van der Waals surface area contributed by atoms with Gasteiger partial charge in [0.1, 0.15) is 5.75 Å². The summed E-state index contributed by atoms with van der Waals surface area (Å²) in [7, 11) is 0. The van der Waals surface area contributed by atoms with Crippen molar-refractivity contribution < 1.29 is 5.11 Å². The van der Waals surface area contributed by atoms with E-state index in [2.05, 4.69) is 0 Å². The van der Waals surface area contributed by atoms with Crippen molar-refractivity contribution in [3.05, 3.63) is 27.7 Å². The summed E-state index contributed by atoms with van der Waals surface area (Å²) >= 11 is 11.5. The third kappa shape index (κ3) is 2.27. The Bertz CT molecular complexity index is 315. The lowest BCUT2D eigenvalue weighted by molar-refractivity contribution is 0.460. The summed E-state index contributed by atoms with van der Waals surface area (Å²) in [5, 5.41) is 10.2. The number of phenolic OH excluding ortho intramolecular Hbond substituents is 1. The molecule has 2 nitrogen and oxygen atoms in total. The first-order valence-electron chi connectivity index (χ1n) is 3.99. The molecule has 0 heterocycles. The normalized spacial score (nSPS) is 12.9. The fraction of sp³-hybridized carbons (Fsp3) is 0.333.